The Morgan fingerprint density at radius 3 is 2.77 bits per heavy atom. The van der Waals surface area contributed by atoms with E-state index in [0.717, 1.165) is 10.2 Å². The lowest BCUT2D eigenvalue weighted by Crippen LogP contribution is -1.90. The maximum atomic E-state index is 11.1. The third kappa shape index (κ3) is 3.17. The third-order valence-corrected chi connectivity index (χ3v) is 4.58. The van der Waals surface area contributed by atoms with Crippen molar-refractivity contribution in [3.63, 3.8) is 0 Å². The number of rotatable bonds is 5. The van der Waals surface area contributed by atoms with Crippen molar-refractivity contribution in [3.8, 4) is 11.3 Å². The molecule has 0 saturated carbocycles. The van der Waals surface area contributed by atoms with Gasteiger partial charge >= 0.3 is 0 Å². The summed E-state index contributed by atoms with van der Waals surface area (Å²) in [6.45, 7) is 0. The van der Waals surface area contributed by atoms with Crippen LogP contribution in [0.4, 0.5) is 10.8 Å². The third-order valence-electron chi connectivity index (χ3n) is 3.64. The lowest BCUT2D eigenvalue weighted by atomic mass is 10.1. The minimum Gasteiger partial charge on any atom is -0.455 e. The molecule has 2 heterocycles. The highest BCUT2D eigenvalue weighted by Gasteiger charge is 2.16. The summed E-state index contributed by atoms with van der Waals surface area (Å²) in [4.78, 5) is 15.1. The maximum absolute atomic E-state index is 11.1. The molecule has 128 valence electrons. The fourth-order valence-electron chi connectivity index (χ4n) is 2.48. The highest BCUT2D eigenvalue weighted by atomic mass is 32.1. The molecule has 2 aromatic heterocycles. The Kier molecular flexibility index (Phi) is 4.16. The first-order valence-corrected chi connectivity index (χ1v) is 8.50. The molecule has 26 heavy (non-hydrogen) atoms. The van der Waals surface area contributed by atoms with Gasteiger partial charge in [-0.05, 0) is 30.3 Å². The van der Waals surface area contributed by atoms with Crippen molar-refractivity contribution in [3.05, 3.63) is 76.5 Å². The number of nitrogens with zero attached hydrogens (tertiary/aromatic N) is 3. The first kappa shape index (κ1) is 16.0. The second kappa shape index (κ2) is 6.77. The van der Waals surface area contributed by atoms with Crippen LogP contribution in [0, 0.1) is 10.1 Å². The topological polar surface area (TPSA) is 93.6 Å². The van der Waals surface area contributed by atoms with E-state index in [-0.39, 0.29) is 5.69 Å². The number of para-hydroxylation sites is 2. The van der Waals surface area contributed by atoms with Gasteiger partial charge in [-0.3, -0.25) is 15.5 Å². The second-order valence-electron chi connectivity index (χ2n) is 5.33. The lowest BCUT2D eigenvalue weighted by Gasteiger charge is -1.98. The molecule has 0 saturated heterocycles. The number of hydrazone groups is 1. The van der Waals surface area contributed by atoms with Gasteiger partial charge in [-0.25, -0.2) is 4.98 Å². The Labute approximate surface area is 151 Å². The Hall–Kier alpha value is -3.52. The molecule has 0 atom stereocenters. The van der Waals surface area contributed by atoms with Crippen LogP contribution >= 0.6 is 11.3 Å². The number of fused-ring (bicyclic) bond motifs is 1. The van der Waals surface area contributed by atoms with Gasteiger partial charge in [0.2, 0.25) is 5.13 Å². The number of furan rings is 1. The fourth-order valence-corrected chi connectivity index (χ4v) is 3.29. The smallest absolute Gasteiger partial charge is 0.280 e. The van der Waals surface area contributed by atoms with Gasteiger partial charge in [-0.2, -0.15) is 5.10 Å². The van der Waals surface area contributed by atoms with Gasteiger partial charge in [0, 0.05) is 6.07 Å². The van der Waals surface area contributed by atoms with E-state index in [4.69, 9.17) is 4.42 Å². The van der Waals surface area contributed by atoms with E-state index in [9.17, 15) is 10.1 Å². The Balaban J connectivity index is 1.51. The van der Waals surface area contributed by atoms with Crippen molar-refractivity contribution in [2.24, 2.45) is 5.10 Å². The van der Waals surface area contributed by atoms with Crippen LogP contribution < -0.4 is 5.43 Å². The van der Waals surface area contributed by atoms with E-state index in [1.54, 1.807) is 30.3 Å². The molecule has 7 nitrogen and oxygen atoms in total. The van der Waals surface area contributed by atoms with Crippen molar-refractivity contribution < 1.29 is 9.34 Å². The molecule has 0 aliphatic rings. The number of hydrogen-bond acceptors (Lipinski definition) is 7. The van der Waals surface area contributed by atoms with Gasteiger partial charge in [0.25, 0.3) is 5.69 Å². The Morgan fingerprint density at radius 1 is 1.12 bits per heavy atom. The largest absolute Gasteiger partial charge is 0.455 e. The Bertz CT molecular complexity index is 1080. The molecule has 4 rings (SSSR count). The summed E-state index contributed by atoms with van der Waals surface area (Å²) in [6.07, 6.45) is 1.50. The zero-order chi connectivity index (χ0) is 17.9. The standard InChI is InChI=1S/C18H12N4O3S/c23-22(24)15-7-3-1-5-13(15)16-10-9-12(25-16)11-19-21-18-20-14-6-2-4-8-17(14)26-18/h1-11H,(H,20,21)/b19-11-. The number of benzene rings is 2. The molecule has 1 N–H and O–H groups in total. The molecule has 0 fully saturated rings. The molecule has 2 aromatic carbocycles. The molecule has 8 heteroatoms. The van der Waals surface area contributed by atoms with Crippen LogP contribution in [0.25, 0.3) is 21.5 Å². The van der Waals surface area contributed by atoms with Crippen LogP contribution in [-0.4, -0.2) is 16.1 Å². The average molecular weight is 364 g/mol. The average Bonchev–Trinajstić information content (AvgIpc) is 3.28. The fraction of sp³-hybridized carbons (Fsp3) is 0. The van der Waals surface area contributed by atoms with Crippen molar-refractivity contribution in [1.82, 2.24) is 4.98 Å². The van der Waals surface area contributed by atoms with Crippen molar-refractivity contribution >= 4 is 38.6 Å². The molecule has 4 aromatic rings. The number of nitro benzene ring substituents is 1. The van der Waals surface area contributed by atoms with E-state index in [0.29, 0.717) is 22.2 Å². The number of thiazole rings is 1. The van der Waals surface area contributed by atoms with Crippen LogP contribution in [0.5, 0.6) is 0 Å². The first-order valence-electron chi connectivity index (χ1n) is 7.69. The second-order valence-corrected chi connectivity index (χ2v) is 6.36. The van der Waals surface area contributed by atoms with Crippen LogP contribution in [0.1, 0.15) is 5.76 Å². The van der Waals surface area contributed by atoms with E-state index < -0.39 is 4.92 Å². The molecule has 0 amide bonds. The molecule has 0 unspecified atom stereocenters. The molecule has 0 bridgehead atoms. The van der Waals surface area contributed by atoms with E-state index in [1.165, 1.54) is 23.6 Å². The minimum atomic E-state index is -0.430. The summed E-state index contributed by atoms with van der Waals surface area (Å²) < 4.78 is 6.72. The molecule has 0 spiro atoms. The number of anilines is 1. The lowest BCUT2D eigenvalue weighted by molar-refractivity contribution is -0.384. The summed E-state index contributed by atoms with van der Waals surface area (Å²) in [7, 11) is 0. The van der Waals surface area contributed by atoms with Crippen LogP contribution in [-0.2, 0) is 0 Å². The summed E-state index contributed by atoms with van der Waals surface area (Å²) in [5.41, 5.74) is 4.20. The SMILES string of the molecule is O=[N+]([O-])c1ccccc1-c1ccc(/C=N\Nc2nc3ccccc3s2)o1. The van der Waals surface area contributed by atoms with Crippen LogP contribution in [0.2, 0.25) is 0 Å². The van der Waals surface area contributed by atoms with E-state index in [2.05, 4.69) is 15.5 Å². The highest BCUT2D eigenvalue weighted by Crippen LogP contribution is 2.30. The zero-order valence-corrected chi connectivity index (χ0v) is 14.1. The number of hydrogen-bond donors (Lipinski definition) is 1. The predicted molar refractivity (Wildman–Crippen MR) is 102 cm³/mol. The molecule has 0 aliphatic carbocycles. The van der Waals surface area contributed by atoms with Crippen molar-refractivity contribution in [2.75, 3.05) is 5.43 Å². The van der Waals surface area contributed by atoms with Gasteiger partial charge in [0.15, 0.2) is 0 Å². The molecular formula is C18H12N4O3S. The van der Waals surface area contributed by atoms with E-state index >= 15 is 0 Å². The van der Waals surface area contributed by atoms with Crippen LogP contribution in [0.3, 0.4) is 0 Å². The van der Waals surface area contributed by atoms with Gasteiger partial charge < -0.3 is 4.42 Å². The summed E-state index contributed by atoms with van der Waals surface area (Å²) >= 11 is 1.50. The number of aromatic nitrogens is 1. The molecular weight excluding hydrogens is 352 g/mol. The van der Waals surface area contributed by atoms with Crippen LogP contribution in [0.15, 0.2) is 70.2 Å². The number of nitrogens with one attached hydrogen (secondary N) is 1. The monoisotopic (exact) mass is 364 g/mol. The van der Waals surface area contributed by atoms with Gasteiger partial charge in [-0.15, -0.1) is 0 Å². The van der Waals surface area contributed by atoms with Crippen molar-refractivity contribution in [2.45, 2.75) is 0 Å². The minimum absolute atomic E-state index is 0.00191. The Morgan fingerprint density at radius 2 is 1.92 bits per heavy atom. The predicted octanol–water partition coefficient (Wildman–Crippen LogP) is 4.91. The summed E-state index contributed by atoms with van der Waals surface area (Å²) in [5.74, 6) is 0.894. The molecule has 0 aliphatic heterocycles. The summed E-state index contributed by atoms with van der Waals surface area (Å²) in [5, 5.41) is 15.9. The first-order chi connectivity index (χ1) is 12.7. The van der Waals surface area contributed by atoms with Gasteiger partial charge in [-0.1, -0.05) is 35.6 Å². The van der Waals surface area contributed by atoms with Gasteiger partial charge in [0.1, 0.15) is 11.5 Å². The molecule has 0 radical (unpaired) electrons. The van der Waals surface area contributed by atoms with E-state index in [1.807, 2.05) is 24.3 Å². The quantitative estimate of drug-likeness (QED) is 0.308. The van der Waals surface area contributed by atoms with Gasteiger partial charge in [0.05, 0.1) is 26.9 Å². The zero-order valence-electron chi connectivity index (χ0n) is 13.3. The normalized spacial score (nSPS) is 11.2. The highest BCUT2D eigenvalue weighted by molar-refractivity contribution is 7.22. The number of nitro groups is 1. The van der Waals surface area contributed by atoms with Crippen molar-refractivity contribution in [1.29, 1.82) is 0 Å². The summed E-state index contributed by atoms with van der Waals surface area (Å²) in [6, 6.07) is 17.7. The maximum Gasteiger partial charge on any atom is 0.280 e.